The second kappa shape index (κ2) is 34.1. The van der Waals surface area contributed by atoms with Crippen LogP contribution in [0.25, 0.3) is 0 Å². The van der Waals surface area contributed by atoms with Crippen molar-refractivity contribution in [1.82, 2.24) is 0 Å². The van der Waals surface area contributed by atoms with Crippen molar-refractivity contribution < 1.29 is 23.7 Å². The molecule has 0 saturated heterocycles. The molecule has 0 aliphatic rings. The molecule has 0 N–H and O–H groups in total. The Kier molecular flexibility index (Phi) is 31.5. The van der Waals surface area contributed by atoms with Crippen molar-refractivity contribution in [2.45, 2.75) is 183 Å². The Hall–Kier alpha value is -2.48. The van der Waals surface area contributed by atoms with E-state index in [0.717, 1.165) is 16.7 Å². The summed E-state index contributed by atoms with van der Waals surface area (Å²) in [5, 5.41) is 23.5. The molecule has 5 nitrogen and oxygen atoms in total. The Morgan fingerprint density at radius 1 is 0.417 bits per heavy atom. The standard InChI is InChI=1S/C22H21BO3.2C16H36N/c1-2-21(18-12-6-3-7-13-18)22(26-23(24)25,19-14-8-4-9-15-19)20-16-10-5-11-17-20;2*1-5-9-13-17(14-10-6-2,15-11-7-3)16-12-8-4/h3-17,21H,2H2,1H3;2*5-16H2,1-4H3/q-2;2*+1. The molecular formula is C54H93BN2O3. The normalized spacial score (nSPS) is 12.2. The van der Waals surface area contributed by atoms with Gasteiger partial charge in [0.05, 0.1) is 59.7 Å². The van der Waals surface area contributed by atoms with Crippen LogP contribution in [-0.2, 0) is 10.3 Å². The van der Waals surface area contributed by atoms with Crippen LogP contribution in [0.2, 0.25) is 0 Å². The van der Waals surface area contributed by atoms with E-state index in [1.807, 2.05) is 97.9 Å². The second-order valence-electron chi connectivity index (χ2n) is 17.5. The van der Waals surface area contributed by atoms with Gasteiger partial charge in [0.25, 0.3) is 0 Å². The number of hydrogen-bond acceptors (Lipinski definition) is 3. The van der Waals surface area contributed by atoms with Crippen molar-refractivity contribution in [3.8, 4) is 0 Å². The Balaban J connectivity index is 0.000000470. The molecule has 1 unspecified atom stereocenters. The topological polar surface area (TPSA) is 55.3 Å². The molecule has 1 atom stereocenters. The second-order valence-corrected chi connectivity index (χ2v) is 17.5. The molecule has 0 heterocycles. The third kappa shape index (κ3) is 20.1. The summed E-state index contributed by atoms with van der Waals surface area (Å²) in [6, 6.07) is 29.0. The lowest BCUT2D eigenvalue weighted by molar-refractivity contribution is -0.929. The molecule has 0 bridgehead atoms. The van der Waals surface area contributed by atoms with E-state index in [1.54, 1.807) is 0 Å². The highest BCUT2D eigenvalue weighted by Crippen LogP contribution is 2.47. The molecule has 0 aliphatic carbocycles. The summed E-state index contributed by atoms with van der Waals surface area (Å²) < 4.78 is 8.55. The Morgan fingerprint density at radius 3 is 0.883 bits per heavy atom. The first kappa shape index (κ1) is 55.5. The molecule has 60 heavy (non-hydrogen) atoms. The minimum Gasteiger partial charge on any atom is -0.871 e. The van der Waals surface area contributed by atoms with Crippen LogP contribution in [0.1, 0.15) is 194 Å². The van der Waals surface area contributed by atoms with Gasteiger partial charge >= 0.3 is 0 Å². The summed E-state index contributed by atoms with van der Waals surface area (Å²) in [6.45, 7) is 32.1. The van der Waals surface area contributed by atoms with Crippen molar-refractivity contribution >= 4 is 7.32 Å². The number of rotatable bonds is 31. The van der Waals surface area contributed by atoms with Gasteiger partial charge in [-0.25, -0.2) is 0 Å². The average molecular weight is 829 g/mol. The van der Waals surface area contributed by atoms with Gasteiger partial charge < -0.3 is 23.7 Å². The van der Waals surface area contributed by atoms with Gasteiger partial charge in [-0.1, -0.05) is 205 Å². The van der Waals surface area contributed by atoms with Crippen LogP contribution in [-0.4, -0.2) is 68.6 Å². The molecule has 340 valence electrons. The van der Waals surface area contributed by atoms with Crippen LogP contribution >= 0.6 is 0 Å². The molecular weight excluding hydrogens is 735 g/mol. The summed E-state index contributed by atoms with van der Waals surface area (Å²) in [4.78, 5) is 0. The number of unbranched alkanes of at least 4 members (excludes halogenated alkanes) is 8. The van der Waals surface area contributed by atoms with E-state index >= 15 is 0 Å². The minimum atomic E-state index is -2.40. The van der Waals surface area contributed by atoms with Gasteiger partial charge in [0.15, 0.2) is 0 Å². The molecule has 0 radical (unpaired) electrons. The first-order valence-corrected chi connectivity index (χ1v) is 25.0. The van der Waals surface area contributed by atoms with Gasteiger partial charge in [0, 0.05) is 5.92 Å². The molecule has 6 heteroatoms. The van der Waals surface area contributed by atoms with E-state index in [4.69, 9.17) is 4.65 Å². The summed E-state index contributed by atoms with van der Waals surface area (Å²) in [6.07, 6.45) is 22.8. The summed E-state index contributed by atoms with van der Waals surface area (Å²) >= 11 is 0. The van der Waals surface area contributed by atoms with Gasteiger partial charge in [-0.15, -0.1) is 0 Å². The van der Waals surface area contributed by atoms with E-state index in [-0.39, 0.29) is 5.92 Å². The van der Waals surface area contributed by atoms with E-state index in [1.165, 1.54) is 164 Å². The monoisotopic (exact) mass is 829 g/mol. The zero-order valence-electron chi connectivity index (χ0n) is 40.6. The van der Waals surface area contributed by atoms with E-state index in [9.17, 15) is 10.0 Å². The van der Waals surface area contributed by atoms with Crippen molar-refractivity contribution in [2.75, 3.05) is 52.4 Å². The summed E-state index contributed by atoms with van der Waals surface area (Å²) in [5.74, 6) is -0.182. The fourth-order valence-electron chi connectivity index (χ4n) is 9.04. The Bertz CT molecular complexity index is 1220. The van der Waals surface area contributed by atoms with E-state index < -0.39 is 12.9 Å². The van der Waals surface area contributed by atoms with Gasteiger partial charge in [0.2, 0.25) is 0 Å². The zero-order valence-corrected chi connectivity index (χ0v) is 40.6. The molecule has 0 saturated carbocycles. The quantitative estimate of drug-likeness (QED) is 0.0479. The zero-order chi connectivity index (χ0) is 44.4. The lowest BCUT2D eigenvalue weighted by Gasteiger charge is -2.48. The highest BCUT2D eigenvalue weighted by atomic mass is 16.6. The third-order valence-corrected chi connectivity index (χ3v) is 12.7. The Morgan fingerprint density at radius 2 is 0.667 bits per heavy atom. The highest BCUT2D eigenvalue weighted by Gasteiger charge is 2.42. The number of hydrogen-bond donors (Lipinski definition) is 0. The SMILES string of the molecule is CCC(c1ccccc1)C(OB([O-])[O-])(c1ccccc1)c1ccccc1.CCCC[N+](CCCC)(CCCC)CCCC.CCCC[N+](CCCC)(CCCC)CCCC. The van der Waals surface area contributed by atoms with Crippen molar-refractivity contribution in [3.63, 3.8) is 0 Å². The van der Waals surface area contributed by atoms with Crippen LogP contribution in [0.4, 0.5) is 0 Å². The van der Waals surface area contributed by atoms with E-state index in [2.05, 4.69) is 55.4 Å². The van der Waals surface area contributed by atoms with Gasteiger partial charge in [-0.05, 0) is 74.5 Å². The molecule has 0 aliphatic heterocycles. The number of nitrogens with zero attached hydrogens (tertiary/aromatic N) is 2. The van der Waals surface area contributed by atoms with Crippen molar-refractivity contribution in [1.29, 1.82) is 0 Å². The molecule has 0 amide bonds. The highest BCUT2D eigenvalue weighted by molar-refractivity contribution is 6.28. The first-order chi connectivity index (χ1) is 29.2. The largest absolute Gasteiger partial charge is 0.871 e. The van der Waals surface area contributed by atoms with Crippen LogP contribution in [0.5, 0.6) is 0 Å². The maximum absolute atomic E-state index is 11.8. The van der Waals surface area contributed by atoms with Crippen molar-refractivity contribution in [2.24, 2.45) is 0 Å². The van der Waals surface area contributed by atoms with Crippen LogP contribution < -0.4 is 10.0 Å². The van der Waals surface area contributed by atoms with Crippen LogP contribution in [0, 0.1) is 0 Å². The van der Waals surface area contributed by atoms with Crippen LogP contribution in [0.15, 0.2) is 91.0 Å². The predicted octanol–water partition coefficient (Wildman–Crippen LogP) is 12.9. The average Bonchev–Trinajstić information content (AvgIpc) is 3.29. The smallest absolute Gasteiger partial charge is 0.106 e. The molecule has 0 aromatic heterocycles. The maximum atomic E-state index is 11.8. The maximum Gasteiger partial charge on any atom is 0.106 e. The van der Waals surface area contributed by atoms with Crippen LogP contribution in [0.3, 0.4) is 0 Å². The number of quaternary nitrogens is 2. The minimum absolute atomic E-state index is 0.182. The molecule has 3 rings (SSSR count). The van der Waals surface area contributed by atoms with Gasteiger partial charge in [-0.3, -0.25) is 0 Å². The lowest BCUT2D eigenvalue weighted by atomic mass is 9.71. The predicted molar refractivity (Wildman–Crippen MR) is 259 cm³/mol. The Labute approximate surface area is 372 Å². The molecule has 0 fully saturated rings. The van der Waals surface area contributed by atoms with Gasteiger partial charge in [-0.2, -0.15) is 0 Å². The molecule has 3 aromatic carbocycles. The third-order valence-electron chi connectivity index (χ3n) is 12.7. The molecule has 3 aromatic rings. The van der Waals surface area contributed by atoms with Crippen molar-refractivity contribution in [3.05, 3.63) is 108 Å². The number of benzene rings is 3. The fourth-order valence-corrected chi connectivity index (χ4v) is 9.04. The summed E-state index contributed by atoms with van der Waals surface area (Å²) in [5.41, 5.74) is 1.49. The summed E-state index contributed by atoms with van der Waals surface area (Å²) in [7, 11) is -2.40. The van der Waals surface area contributed by atoms with E-state index in [0.29, 0.717) is 6.42 Å². The lowest BCUT2D eigenvalue weighted by Crippen LogP contribution is -2.55. The fraction of sp³-hybridized carbons (Fsp3) is 0.667. The van der Waals surface area contributed by atoms with Gasteiger partial charge in [0.1, 0.15) is 5.60 Å². The molecule has 0 spiro atoms. The first-order valence-electron chi connectivity index (χ1n) is 25.0.